The summed E-state index contributed by atoms with van der Waals surface area (Å²) in [5.74, 6) is 1.33. The molecule has 0 spiro atoms. The van der Waals surface area contributed by atoms with Gasteiger partial charge in [0.1, 0.15) is 0 Å². The number of benzene rings is 9. The van der Waals surface area contributed by atoms with Crippen LogP contribution in [0.5, 0.6) is 0 Å². The molecule has 0 atom stereocenters. The highest BCUT2D eigenvalue weighted by Gasteiger charge is 2.21. The molecule has 9 aromatic carbocycles. The fourth-order valence-corrected chi connectivity index (χ4v) is 9.61. The summed E-state index contributed by atoms with van der Waals surface area (Å²) < 4.78 is 57.7. The Morgan fingerprint density at radius 3 is 1.50 bits per heavy atom. The van der Waals surface area contributed by atoms with Crippen molar-refractivity contribution in [3.05, 3.63) is 218 Å². The van der Waals surface area contributed by atoms with E-state index in [9.17, 15) is 4.11 Å². The van der Waals surface area contributed by atoms with Crippen LogP contribution in [0.15, 0.2) is 218 Å². The summed E-state index contributed by atoms with van der Waals surface area (Å²) in [7, 11) is 0. The first-order chi connectivity index (χ1) is 33.2. The highest BCUT2D eigenvalue weighted by molar-refractivity contribution is 7.26. The van der Waals surface area contributed by atoms with Crippen molar-refractivity contribution in [3.63, 3.8) is 0 Å². The van der Waals surface area contributed by atoms with Crippen molar-refractivity contribution in [1.29, 1.82) is 0 Å². The monoisotopic (exact) mass is 814 g/mol. The fourth-order valence-electron chi connectivity index (χ4n) is 8.51. The second-order valence-corrected chi connectivity index (χ2v) is 16.1. The van der Waals surface area contributed by atoms with Crippen LogP contribution in [0.1, 0.15) is 8.22 Å². The lowest BCUT2D eigenvalue weighted by Crippen LogP contribution is -2.02. The summed E-state index contributed by atoms with van der Waals surface area (Å²) in [6.07, 6.45) is 0. The van der Waals surface area contributed by atoms with Gasteiger partial charge in [0.2, 0.25) is 0 Å². The van der Waals surface area contributed by atoms with E-state index in [-0.39, 0.29) is 47.0 Å². The predicted octanol–water partition coefficient (Wildman–Crippen LogP) is 15.3. The molecule has 0 amide bonds. The molecule has 0 aliphatic heterocycles. The van der Waals surface area contributed by atoms with Crippen molar-refractivity contribution in [2.45, 2.75) is 0 Å². The number of para-hydroxylation sites is 2. The first-order valence-corrected chi connectivity index (χ1v) is 21.2. The molecule has 0 saturated heterocycles. The zero-order valence-corrected chi connectivity index (χ0v) is 33.8. The van der Waals surface area contributed by atoms with Gasteiger partial charge in [0, 0.05) is 58.8 Å². The Kier molecular flexibility index (Phi) is 7.25. The number of rotatable bonds is 7. The maximum absolute atomic E-state index is 9.69. The van der Waals surface area contributed by atoms with Gasteiger partial charge in [0.05, 0.1) is 24.9 Å². The molecule has 12 rings (SSSR count). The van der Waals surface area contributed by atoms with Crippen molar-refractivity contribution in [1.82, 2.24) is 19.5 Å². The van der Waals surface area contributed by atoms with Gasteiger partial charge in [-0.3, -0.25) is 0 Å². The van der Waals surface area contributed by atoms with Crippen molar-refractivity contribution in [2.24, 2.45) is 0 Å². The molecule has 0 bridgehead atoms. The first kappa shape index (κ1) is 30.1. The lowest BCUT2D eigenvalue weighted by Gasteiger charge is -2.17. The summed E-state index contributed by atoms with van der Waals surface area (Å²) in [5.41, 5.74) is 9.92. The standard InChI is InChI=1S/C57H36N4S/c1-3-16-37(17-4-1)39-20-13-22-41(34-39)55-58-56(42-23-14-21-40(35-42)38-18-5-2-6-19-38)60-57(59-55)43-32-33-52(61-50-29-10-7-24-44(50)45-25-8-11-30-51(45)61)49(36-43)48-28-15-27-47-46-26-9-12-31-53(46)62-54(47)48/h1-36H/i9D,15D,26D,27D,28D,31D. The fraction of sp³-hybridized carbons (Fsp3) is 0. The molecule has 0 unspecified atom stereocenters. The number of aromatic nitrogens is 4. The SMILES string of the molecule is [2H]c1cc([2H])c2sc3c(-c4cc(-c5nc(-c6cccc(-c7ccccc7)c6)nc(-c6cccc(-c7ccccc7)c6)n5)ccc4-n4c5ccccc5c5ccccc54)c([2H])c([2H])c([2H])c3c2c1[2H]. The molecule has 0 saturated carbocycles. The van der Waals surface area contributed by atoms with Crippen molar-refractivity contribution in [2.75, 3.05) is 0 Å². The molecule has 5 heteroatoms. The second kappa shape index (κ2) is 14.9. The normalized spacial score (nSPS) is 12.9. The van der Waals surface area contributed by atoms with Crippen LogP contribution in [-0.2, 0) is 0 Å². The third kappa shape index (κ3) is 6.18. The molecule has 0 N–H and O–H groups in total. The van der Waals surface area contributed by atoms with Crippen LogP contribution in [-0.4, -0.2) is 19.5 Å². The zero-order valence-electron chi connectivity index (χ0n) is 39.0. The Labute approximate surface area is 371 Å². The van der Waals surface area contributed by atoms with Crippen LogP contribution < -0.4 is 0 Å². The summed E-state index contributed by atoms with van der Waals surface area (Å²) in [4.78, 5) is 15.6. The van der Waals surface area contributed by atoms with E-state index in [4.69, 9.17) is 19.1 Å². The molecule has 0 fully saturated rings. The van der Waals surface area contributed by atoms with Crippen LogP contribution in [0.25, 0.3) is 115 Å². The number of fused-ring (bicyclic) bond motifs is 6. The lowest BCUT2D eigenvalue weighted by molar-refractivity contribution is 1.07. The van der Waals surface area contributed by atoms with E-state index in [1.165, 1.54) is 17.4 Å². The van der Waals surface area contributed by atoms with E-state index in [1.54, 1.807) is 0 Å². The molecule has 290 valence electrons. The zero-order chi connectivity index (χ0) is 46.2. The van der Waals surface area contributed by atoms with Gasteiger partial charge in [-0.2, -0.15) is 0 Å². The summed E-state index contributed by atoms with van der Waals surface area (Å²) in [6.45, 7) is 0. The molecule has 62 heavy (non-hydrogen) atoms. The number of hydrogen-bond acceptors (Lipinski definition) is 4. The van der Waals surface area contributed by atoms with Crippen LogP contribution in [0.3, 0.4) is 0 Å². The van der Waals surface area contributed by atoms with Crippen LogP contribution in [0.2, 0.25) is 0 Å². The van der Waals surface area contributed by atoms with Gasteiger partial charge in [0.25, 0.3) is 0 Å². The highest BCUT2D eigenvalue weighted by atomic mass is 32.1. The largest absolute Gasteiger partial charge is 0.309 e. The topological polar surface area (TPSA) is 43.6 Å². The molecular formula is C57H36N4S. The van der Waals surface area contributed by atoms with E-state index < -0.39 is 0 Å². The minimum atomic E-state index is -0.312. The van der Waals surface area contributed by atoms with Crippen LogP contribution in [0.4, 0.5) is 0 Å². The van der Waals surface area contributed by atoms with Gasteiger partial charge in [-0.05, 0) is 70.8 Å². The van der Waals surface area contributed by atoms with Gasteiger partial charge in [-0.25, -0.2) is 15.0 Å². The van der Waals surface area contributed by atoms with Crippen LogP contribution in [0, 0.1) is 0 Å². The molecule has 0 radical (unpaired) electrons. The smallest absolute Gasteiger partial charge is 0.164 e. The quantitative estimate of drug-likeness (QED) is 0.161. The van der Waals surface area contributed by atoms with E-state index in [2.05, 4.69) is 77.4 Å². The Hall–Kier alpha value is -7.99. The third-order valence-electron chi connectivity index (χ3n) is 11.4. The minimum Gasteiger partial charge on any atom is -0.309 e. The lowest BCUT2D eigenvalue weighted by atomic mass is 9.98. The van der Waals surface area contributed by atoms with Crippen molar-refractivity contribution in [3.8, 4) is 73.2 Å². The van der Waals surface area contributed by atoms with Gasteiger partial charge in [0.15, 0.2) is 17.5 Å². The molecule has 12 aromatic rings. The Morgan fingerprint density at radius 1 is 0.371 bits per heavy atom. The number of thiophene rings is 1. The predicted molar refractivity (Wildman–Crippen MR) is 260 cm³/mol. The molecule has 3 heterocycles. The maximum atomic E-state index is 9.69. The average Bonchev–Trinajstić information content (AvgIpc) is 3.95. The van der Waals surface area contributed by atoms with Crippen molar-refractivity contribution < 1.29 is 8.22 Å². The number of hydrogen-bond donors (Lipinski definition) is 0. The summed E-state index contributed by atoms with van der Waals surface area (Å²) in [6, 6.07) is 59.4. The van der Waals surface area contributed by atoms with Gasteiger partial charge in [-0.15, -0.1) is 11.3 Å². The summed E-state index contributed by atoms with van der Waals surface area (Å²) >= 11 is 1.22. The van der Waals surface area contributed by atoms with E-state index in [1.807, 2.05) is 103 Å². The minimum absolute atomic E-state index is 0.0555. The maximum Gasteiger partial charge on any atom is 0.164 e. The Morgan fingerprint density at radius 2 is 0.887 bits per heavy atom. The first-order valence-electron chi connectivity index (χ1n) is 23.4. The molecule has 0 aliphatic rings. The van der Waals surface area contributed by atoms with Gasteiger partial charge < -0.3 is 4.57 Å². The molecule has 3 aromatic heterocycles. The van der Waals surface area contributed by atoms with E-state index >= 15 is 0 Å². The van der Waals surface area contributed by atoms with E-state index in [0.29, 0.717) is 43.6 Å². The number of nitrogens with zero attached hydrogens (tertiary/aromatic N) is 4. The molecule has 4 nitrogen and oxygen atoms in total. The second-order valence-electron chi connectivity index (χ2n) is 15.1. The molecule has 0 aliphatic carbocycles. The summed E-state index contributed by atoms with van der Waals surface area (Å²) in [5, 5.41) is 2.65. The Balaban J connectivity index is 1.16. The average molecular weight is 815 g/mol. The Bertz CT molecular complexity index is 3850. The van der Waals surface area contributed by atoms with Gasteiger partial charge >= 0.3 is 0 Å². The van der Waals surface area contributed by atoms with Gasteiger partial charge in [-0.1, -0.05) is 170 Å². The third-order valence-corrected chi connectivity index (χ3v) is 12.6. The molecular weight excluding hydrogens is 773 g/mol. The van der Waals surface area contributed by atoms with Crippen molar-refractivity contribution >= 4 is 53.3 Å². The van der Waals surface area contributed by atoms with Crippen LogP contribution >= 0.6 is 11.3 Å². The van der Waals surface area contributed by atoms with E-state index in [0.717, 1.165) is 60.9 Å². The highest BCUT2D eigenvalue weighted by Crippen LogP contribution is 2.44.